The van der Waals surface area contributed by atoms with Crippen LogP contribution >= 0.6 is 45.2 Å². The molecule has 4 amide bonds. The van der Waals surface area contributed by atoms with Gasteiger partial charge in [-0.05, 0) is 107 Å². The number of carbonyl (C=O) groups is 2. The fraction of sp³-hybridized carbons (Fsp3) is 0.273. The Morgan fingerprint density at radius 2 is 1.00 bits per heavy atom. The molecule has 8 N–H and O–H groups in total. The molecule has 2 aromatic rings. The van der Waals surface area contributed by atoms with Crippen LogP contribution in [0.15, 0.2) is 48.5 Å². The minimum absolute atomic E-state index is 0.301. The zero-order valence-corrected chi connectivity index (χ0v) is 22.8. The second-order valence-electron chi connectivity index (χ2n) is 7.36. The number of benzene rings is 2. The van der Waals surface area contributed by atoms with Crippen LogP contribution in [0.2, 0.25) is 0 Å². The first-order valence-electron chi connectivity index (χ1n) is 10.5. The molecule has 0 spiro atoms. The third-order valence-corrected chi connectivity index (χ3v) is 6.21. The molecule has 0 bridgehead atoms. The molecule has 0 heterocycles. The zero-order valence-electron chi connectivity index (χ0n) is 18.5. The van der Waals surface area contributed by atoms with Crippen molar-refractivity contribution in [3.63, 3.8) is 0 Å². The lowest BCUT2D eigenvalue weighted by atomic mass is 10.2. The van der Waals surface area contributed by atoms with Gasteiger partial charge < -0.3 is 22.1 Å². The van der Waals surface area contributed by atoms with Gasteiger partial charge in [-0.15, -0.1) is 0 Å². The Bertz CT molecular complexity index is 917. The standard InChI is InChI=1S/C22H28I2N8O2/c23-15-5-9-17(10-6-15)29-21(33)31(19(25)26)13-3-1-2-4-14-32(20(27)28)22(34)30-18-11-7-16(24)8-12-18/h5-12H,1-4,13-14H2,(H3,25,26)(H3,27,28)(H,29,33)(H,30,34). The number of guanidine groups is 2. The summed E-state index contributed by atoms with van der Waals surface area (Å²) in [7, 11) is 0. The number of carbonyl (C=O) groups excluding carboxylic acids is 2. The van der Waals surface area contributed by atoms with Crippen LogP contribution in [-0.2, 0) is 0 Å². The van der Waals surface area contributed by atoms with Gasteiger partial charge in [0.2, 0.25) is 0 Å². The average Bonchev–Trinajstić information content (AvgIpc) is 2.78. The van der Waals surface area contributed by atoms with Crippen LogP contribution in [0.3, 0.4) is 0 Å². The third-order valence-electron chi connectivity index (χ3n) is 4.78. The summed E-state index contributed by atoms with van der Waals surface area (Å²) in [6.07, 6.45) is 2.78. The highest BCUT2D eigenvalue weighted by atomic mass is 127. The molecule has 10 nitrogen and oxygen atoms in total. The first kappa shape index (κ1) is 27.6. The molecule has 0 aliphatic carbocycles. The third kappa shape index (κ3) is 9.32. The van der Waals surface area contributed by atoms with E-state index in [0.29, 0.717) is 37.3 Å². The van der Waals surface area contributed by atoms with Gasteiger partial charge in [-0.2, -0.15) is 0 Å². The second kappa shape index (κ2) is 13.9. The molecule has 2 aromatic carbocycles. The summed E-state index contributed by atoms with van der Waals surface area (Å²) < 4.78 is 2.10. The van der Waals surface area contributed by atoms with E-state index in [4.69, 9.17) is 22.3 Å². The van der Waals surface area contributed by atoms with Crippen LogP contribution in [0.1, 0.15) is 25.7 Å². The number of urea groups is 2. The van der Waals surface area contributed by atoms with E-state index in [9.17, 15) is 9.59 Å². The molecule has 182 valence electrons. The molecule has 0 fully saturated rings. The Kier molecular flexibility index (Phi) is 11.3. The smallest absolute Gasteiger partial charge is 0.328 e. The predicted molar refractivity (Wildman–Crippen MR) is 152 cm³/mol. The highest BCUT2D eigenvalue weighted by molar-refractivity contribution is 14.1. The zero-order chi connectivity index (χ0) is 25.1. The van der Waals surface area contributed by atoms with E-state index in [1.807, 2.05) is 24.3 Å². The molecule has 0 aromatic heterocycles. The lowest BCUT2D eigenvalue weighted by molar-refractivity contribution is 0.230. The van der Waals surface area contributed by atoms with Crippen LogP contribution in [-0.4, -0.2) is 46.9 Å². The van der Waals surface area contributed by atoms with Crippen molar-refractivity contribution in [3.8, 4) is 0 Å². The Labute approximate surface area is 226 Å². The maximum atomic E-state index is 12.5. The lowest BCUT2D eigenvalue weighted by Gasteiger charge is -2.22. The maximum Gasteiger partial charge on any atom is 0.328 e. The number of hydrogen-bond donors (Lipinski definition) is 6. The van der Waals surface area contributed by atoms with E-state index < -0.39 is 12.1 Å². The summed E-state index contributed by atoms with van der Waals surface area (Å²) in [5, 5.41) is 20.9. The van der Waals surface area contributed by atoms with Gasteiger partial charge in [0.1, 0.15) is 0 Å². The molecule has 0 unspecified atom stereocenters. The molecule has 0 saturated heterocycles. The number of nitrogens with zero attached hydrogens (tertiary/aromatic N) is 2. The molecule has 2 rings (SSSR count). The van der Waals surface area contributed by atoms with E-state index in [1.54, 1.807) is 24.3 Å². The van der Waals surface area contributed by atoms with Crippen LogP contribution in [0.5, 0.6) is 0 Å². The first-order valence-corrected chi connectivity index (χ1v) is 12.7. The maximum absolute atomic E-state index is 12.5. The average molecular weight is 690 g/mol. The van der Waals surface area contributed by atoms with E-state index in [1.165, 1.54) is 9.80 Å². The first-order chi connectivity index (χ1) is 16.2. The van der Waals surface area contributed by atoms with Gasteiger partial charge in [0, 0.05) is 31.6 Å². The Morgan fingerprint density at radius 3 is 1.29 bits per heavy atom. The number of rotatable bonds is 9. The molecule has 0 aliphatic heterocycles. The van der Waals surface area contributed by atoms with Crippen LogP contribution in [0, 0.1) is 18.0 Å². The lowest BCUT2D eigenvalue weighted by Crippen LogP contribution is -2.44. The van der Waals surface area contributed by atoms with Gasteiger partial charge in [0.25, 0.3) is 0 Å². The molecule has 12 heteroatoms. The topological polar surface area (TPSA) is 164 Å². The quantitative estimate of drug-likeness (QED) is 0.0981. The number of halogens is 2. The van der Waals surface area contributed by atoms with Gasteiger partial charge in [0.15, 0.2) is 11.9 Å². The number of unbranched alkanes of at least 4 members (excludes halogenated alkanes) is 3. The number of nitrogens with two attached hydrogens (primary N) is 2. The van der Waals surface area contributed by atoms with E-state index >= 15 is 0 Å². The Morgan fingerprint density at radius 1 is 0.676 bits per heavy atom. The van der Waals surface area contributed by atoms with Crippen molar-refractivity contribution in [3.05, 3.63) is 55.7 Å². The van der Waals surface area contributed by atoms with Crippen molar-refractivity contribution in [2.75, 3.05) is 23.7 Å². The SMILES string of the molecule is N=C(N)N(CCCCCCN(C(=N)N)C(=O)Nc1ccc(I)cc1)C(=O)Nc1ccc(I)cc1. The fourth-order valence-electron chi connectivity index (χ4n) is 3.00. The predicted octanol–water partition coefficient (Wildman–Crippen LogP) is 4.61. The molecular formula is C22H28I2N8O2. The van der Waals surface area contributed by atoms with Gasteiger partial charge >= 0.3 is 12.1 Å². The van der Waals surface area contributed by atoms with Crippen molar-refractivity contribution in [1.29, 1.82) is 10.8 Å². The van der Waals surface area contributed by atoms with Crippen molar-refractivity contribution in [2.45, 2.75) is 25.7 Å². The summed E-state index contributed by atoms with van der Waals surface area (Å²) in [5.41, 5.74) is 12.4. The largest absolute Gasteiger partial charge is 0.370 e. The highest BCUT2D eigenvalue weighted by Gasteiger charge is 2.18. The summed E-state index contributed by atoms with van der Waals surface area (Å²) in [6.45, 7) is 0.602. The van der Waals surface area contributed by atoms with Gasteiger partial charge in [0.05, 0.1) is 0 Å². The second-order valence-corrected chi connectivity index (χ2v) is 9.85. The van der Waals surface area contributed by atoms with E-state index in [-0.39, 0.29) is 11.9 Å². The highest BCUT2D eigenvalue weighted by Crippen LogP contribution is 2.14. The summed E-state index contributed by atoms with van der Waals surface area (Å²) in [4.78, 5) is 27.3. The van der Waals surface area contributed by atoms with Gasteiger partial charge in [-0.3, -0.25) is 20.6 Å². The number of amides is 4. The summed E-state index contributed by atoms with van der Waals surface area (Å²) in [5.74, 6) is -0.643. The van der Waals surface area contributed by atoms with E-state index in [0.717, 1.165) is 20.0 Å². The molecule has 0 saturated carbocycles. The summed E-state index contributed by atoms with van der Waals surface area (Å²) >= 11 is 4.36. The van der Waals surface area contributed by atoms with Crippen LogP contribution in [0.4, 0.5) is 21.0 Å². The van der Waals surface area contributed by atoms with E-state index in [2.05, 4.69) is 55.8 Å². The van der Waals surface area contributed by atoms with Crippen molar-refractivity contribution >= 4 is 80.5 Å². The normalized spacial score (nSPS) is 10.3. The Balaban J connectivity index is 1.75. The molecular weight excluding hydrogens is 662 g/mol. The van der Waals surface area contributed by atoms with Crippen molar-refractivity contribution in [2.24, 2.45) is 11.5 Å². The van der Waals surface area contributed by atoms with Crippen molar-refractivity contribution < 1.29 is 9.59 Å². The Hall–Kier alpha value is -2.62. The van der Waals surface area contributed by atoms with Crippen molar-refractivity contribution in [1.82, 2.24) is 9.80 Å². The monoisotopic (exact) mass is 690 g/mol. The molecule has 0 aliphatic rings. The van der Waals surface area contributed by atoms with Gasteiger partial charge in [-0.1, -0.05) is 12.8 Å². The number of anilines is 2. The number of hydrogen-bond acceptors (Lipinski definition) is 4. The molecule has 0 radical (unpaired) electrons. The van der Waals surface area contributed by atoms with Crippen LogP contribution < -0.4 is 22.1 Å². The minimum atomic E-state index is -0.455. The fourth-order valence-corrected chi connectivity index (χ4v) is 3.72. The van der Waals surface area contributed by atoms with Gasteiger partial charge in [-0.25, -0.2) is 9.59 Å². The minimum Gasteiger partial charge on any atom is -0.370 e. The molecule has 0 atom stereocenters. The molecule has 34 heavy (non-hydrogen) atoms. The van der Waals surface area contributed by atoms with Crippen LogP contribution in [0.25, 0.3) is 0 Å². The number of nitrogens with one attached hydrogen (secondary N) is 4. The summed E-state index contributed by atoms with van der Waals surface area (Å²) in [6, 6.07) is 13.7.